The zero-order valence-electron chi connectivity index (χ0n) is 10.8. The van der Waals surface area contributed by atoms with E-state index in [-0.39, 0.29) is 10.7 Å². The van der Waals surface area contributed by atoms with Gasteiger partial charge in [0.05, 0.1) is 29.6 Å². The highest BCUT2D eigenvalue weighted by Crippen LogP contribution is 2.30. The monoisotopic (exact) mass is 299 g/mol. The van der Waals surface area contributed by atoms with E-state index in [9.17, 15) is 18.3 Å². The molecule has 110 valence electrons. The number of halogens is 4. The molecular weight excluding hydrogens is 283 g/mol. The molecular formula is C11H17ClF3N3O. The number of hydrogen-bond donors (Lipinski definition) is 1. The largest absolute Gasteiger partial charge is 0.389 e. The molecule has 0 aliphatic heterocycles. The van der Waals surface area contributed by atoms with Crippen LogP contribution in [0.4, 0.5) is 13.2 Å². The number of aromatic nitrogens is 2. The predicted molar refractivity (Wildman–Crippen MR) is 66.0 cm³/mol. The third kappa shape index (κ3) is 5.38. The minimum absolute atomic E-state index is 0.188. The molecule has 0 spiro atoms. The van der Waals surface area contributed by atoms with Crippen molar-refractivity contribution in [3.8, 4) is 0 Å². The first-order valence-electron chi connectivity index (χ1n) is 5.81. The highest BCUT2D eigenvalue weighted by Gasteiger charge is 2.29. The van der Waals surface area contributed by atoms with Crippen LogP contribution in [0.25, 0.3) is 0 Å². The van der Waals surface area contributed by atoms with Crippen LogP contribution in [-0.2, 0) is 6.54 Å². The average molecular weight is 300 g/mol. The van der Waals surface area contributed by atoms with Crippen molar-refractivity contribution in [1.82, 2.24) is 14.7 Å². The summed E-state index contributed by atoms with van der Waals surface area (Å²) in [5.41, 5.74) is 0.243. The van der Waals surface area contributed by atoms with Gasteiger partial charge in [0.25, 0.3) is 0 Å². The molecule has 1 heterocycles. The van der Waals surface area contributed by atoms with Crippen molar-refractivity contribution in [1.29, 1.82) is 0 Å². The number of rotatable bonds is 6. The van der Waals surface area contributed by atoms with E-state index < -0.39 is 25.1 Å². The third-order valence-corrected chi connectivity index (χ3v) is 2.90. The van der Waals surface area contributed by atoms with Crippen molar-refractivity contribution in [2.24, 2.45) is 0 Å². The van der Waals surface area contributed by atoms with Gasteiger partial charge in [0.1, 0.15) is 0 Å². The Bertz CT molecular complexity index is 406. The van der Waals surface area contributed by atoms with Crippen LogP contribution in [0.2, 0.25) is 5.02 Å². The SMILES string of the molecule is CN(C)CCn1ncc(Cl)c1C(O)CCC(F)(F)F. The van der Waals surface area contributed by atoms with Crippen molar-refractivity contribution in [2.45, 2.75) is 31.7 Å². The van der Waals surface area contributed by atoms with E-state index in [1.54, 1.807) is 0 Å². The van der Waals surface area contributed by atoms with Gasteiger partial charge >= 0.3 is 6.18 Å². The molecule has 0 saturated carbocycles. The van der Waals surface area contributed by atoms with E-state index in [2.05, 4.69) is 5.10 Å². The summed E-state index contributed by atoms with van der Waals surface area (Å²) in [6.45, 7) is 1.11. The second-order valence-corrected chi connectivity index (χ2v) is 4.98. The molecule has 0 bridgehead atoms. The van der Waals surface area contributed by atoms with Crippen LogP contribution in [0, 0.1) is 0 Å². The summed E-state index contributed by atoms with van der Waals surface area (Å²) in [6, 6.07) is 0. The summed E-state index contributed by atoms with van der Waals surface area (Å²) in [7, 11) is 3.73. The van der Waals surface area contributed by atoms with Gasteiger partial charge in [-0.05, 0) is 20.5 Å². The second-order valence-electron chi connectivity index (χ2n) is 4.57. The zero-order chi connectivity index (χ0) is 14.6. The number of alkyl halides is 3. The van der Waals surface area contributed by atoms with Gasteiger partial charge in [-0.25, -0.2) is 0 Å². The predicted octanol–water partition coefficient (Wildman–Crippen LogP) is 2.47. The van der Waals surface area contributed by atoms with Crippen LogP contribution >= 0.6 is 11.6 Å². The van der Waals surface area contributed by atoms with Gasteiger partial charge in [-0.2, -0.15) is 18.3 Å². The molecule has 0 amide bonds. The summed E-state index contributed by atoms with van der Waals surface area (Å²) in [5.74, 6) is 0. The van der Waals surface area contributed by atoms with Crippen LogP contribution in [0.1, 0.15) is 24.6 Å². The molecule has 1 N–H and O–H groups in total. The highest BCUT2D eigenvalue weighted by atomic mass is 35.5. The normalized spacial score (nSPS) is 14.1. The zero-order valence-corrected chi connectivity index (χ0v) is 11.5. The van der Waals surface area contributed by atoms with Crippen LogP contribution in [-0.4, -0.2) is 46.6 Å². The van der Waals surface area contributed by atoms with E-state index in [4.69, 9.17) is 11.6 Å². The topological polar surface area (TPSA) is 41.3 Å². The lowest BCUT2D eigenvalue weighted by molar-refractivity contribution is -0.140. The molecule has 4 nitrogen and oxygen atoms in total. The first-order valence-corrected chi connectivity index (χ1v) is 6.19. The molecule has 1 unspecified atom stereocenters. The minimum atomic E-state index is -4.29. The lowest BCUT2D eigenvalue weighted by Crippen LogP contribution is -2.21. The Labute approximate surface area is 114 Å². The van der Waals surface area contributed by atoms with Crippen LogP contribution in [0.5, 0.6) is 0 Å². The Morgan fingerprint density at radius 3 is 2.63 bits per heavy atom. The van der Waals surface area contributed by atoms with E-state index >= 15 is 0 Å². The van der Waals surface area contributed by atoms with E-state index in [1.807, 2.05) is 19.0 Å². The molecule has 0 saturated heterocycles. The van der Waals surface area contributed by atoms with Crippen molar-refractivity contribution < 1.29 is 18.3 Å². The Hall–Kier alpha value is -0.790. The number of aliphatic hydroxyl groups is 1. The summed E-state index contributed by atoms with van der Waals surface area (Å²) in [4.78, 5) is 1.90. The molecule has 1 atom stereocenters. The summed E-state index contributed by atoms with van der Waals surface area (Å²) >= 11 is 5.87. The fraction of sp³-hybridized carbons (Fsp3) is 0.727. The van der Waals surface area contributed by atoms with Crippen molar-refractivity contribution in [3.05, 3.63) is 16.9 Å². The first-order chi connectivity index (χ1) is 8.70. The molecule has 1 aromatic rings. The molecule has 19 heavy (non-hydrogen) atoms. The molecule has 1 aromatic heterocycles. The van der Waals surface area contributed by atoms with Gasteiger partial charge in [0.2, 0.25) is 0 Å². The van der Waals surface area contributed by atoms with Crippen LogP contribution in [0.3, 0.4) is 0 Å². The maximum atomic E-state index is 12.1. The number of likely N-dealkylation sites (N-methyl/N-ethyl adjacent to an activating group) is 1. The fourth-order valence-electron chi connectivity index (χ4n) is 1.61. The Balaban J connectivity index is 2.72. The highest BCUT2D eigenvalue weighted by molar-refractivity contribution is 6.31. The lowest BCUT2D eigenvalue weighted by Gasteiger charge is -2.16. The quantitative estimate of drug-likeness (QED) is 0.877. The molecule has 0 aliphatic rings. The van der Waals surface area contributed by atoms with E-state index in [0.29, 0.717) is 13.1 Å². The summed E-state index contributed by atoms with van der Waals surface area (Å²) < 4.78 is 37.9. The Kier molecular flexibility index (Phi) is 5.64. The van der Waals surface area contributed by atoms with Gasteiger partial charge in [0.15, 0.2) is 0 Å². The van der Waals surface area contributed by atoms with Gasteiger partial charge < -0.3 is 10.0 Å². The smallest absolute Gasteiger partial charge is 0.387 e. The third-order valence-electron chi connectivity index (χ3n) is 2.61. The van der Waals surface area contributed by atoms with Crippen LogP contribution in [0.15, 0.2) is 6.20 Å². The molecule has 0 radical (unpaired) electrons. The van der Waals surface area contributed by atoms with Gasteiger partial charge in [-0.1, -0.05) is 11.6 Å². The molecule has 8 heteroatoms. The minimum Gasteiger partial charge on any atom is -0.387 e. The Morgan fingerprint density at radius 2 is 2.11 bits per heavy atom. The summed E-state index contributed by atoms with van der Waals surface area (Å²) in [6.07, 6.45) is -5.69. The fourth-order valence-corrected chi connectivity index (χ4v) is 1.88. The standard InChI is InChI=1S/C11H17ClF3N3O/c1-17(2)5-6-18-10(8(12)7-16-18)9(19)3-4-11(13,14)15/h7,9,19H,3-6H2,1-2H3. The van der Waals surface area contributed by atoms with Gasteiger partial charge in [0, 0.05) is 13.0 Å². The van der Waals surface area contributed by atoms with Gasteiger partial charge in [-0.15, -0.1) is 0 Å². The van der Waals surface area contributed by atoms with Gasteiger partial charge in [-0.3, -0.25) is 4.68 Å². The number of aliphatic hydroxyl groups excluding tert-OH is 1. The Morgan fingerprint density at radius 1 is 1.47 bits per heavy atom. The second kappa shape index (κ2) is 6.58. The first kappa shape index (κ1) is 16.3. The molecule has 0 aliphatic carbocycles. The number of hydrogen-bond acceptors (Lipinski definition) is 3. The number of nitrogens with zero attached hydrogens (tertiary/aromatic N) is 3. The van der Waals surface area contributed by atoms with Crippen LogP contribution < -0.4 is 0 Å². The molecule has 0 fully saturated rings. The maximum Gasteiger partial charge on any atom is 0.389 e. The molecule has 1 rings (SSSR count). The van der Waals surface area contributed by atoms with E-state index in [1.165, 1.54) is 10.9 Å². The van der Waals surface area contributed by atoms with Crippen molar-refractivity contribution in [2.75, 3.05) is 20.6 Å². The maximum absolute atomic E-state index is 12.1. The average Bonchev–Trinajstić information content (AvgIpc) is 2.64. The summed E-state index contributed by atoms with van der Waals surface area (Å²) in [5, 5.41) is 14.0. The van der Waals surface area contributed by atoms with Crippen molar-refractivity contribution in [3.63, 3.8) is 0 Å². The molecule has 0 aromatic carbocycles. The lowest BCUT2D eigenvalue weighted by atomic mass is 10.1. The van der Waals surface area contributed by atoms with Crippen molar-refractivity contribution >= 4 is 11.6 Å². The van der Waals surface area contributed by atoms with E-state index in [0.717, 1.165) is 0 Å².